The molecule has 9 heavy (non-hydrogen) atoms. The summed E-state index contributed by atoms with van der Waals surface area (Å²) in [5.41, 5.74) is -0.186. The van der Waals surface area contributed by atoms with Gasteiger partial charge in [0.05, 0.1) is 0 Å². The van der Waals surface area contributed by atoms with E-state index in [0.717, 1.165) is 0 Å². The molecule has 0 aromatic carbocycles. The van der Waals surface area contributed by atoms with Gasteiger partial charge < -0.3 is 0 Å². The predicted molar refractivity (Wildman–Crippen MR) is 32.9 cm³/mol. The zero-order valence-electron chi connectivity index (χ0n) is 5.22. The van der Waals surface area contributed by atoms with Crippen LogP contribution in [0.1, 0.15) is 5.82 Å². The first-order chi connectivity index (χ1) is 4.25. The van der Waals surface area contributed by atoms with Gasteiger partial charge in [-0.3, -0.25) is 4.57 Å². The number of H-pyrrole nitrogens is 1. The topological polar surface area (TPSA) is 50.7 Å². The Morgan fingerprint density at radius 3 is 2.78 bits per heavy atom. The maximum absolute atomic E-state index is 10.6. The third kappa shape index (κ3) is 0.872. The van der Waals surface area contributed by atoms with E-state index in [0.29, 0.717) is 12.2 Å². The van der Waals surface area contributed by atoms with Crippen molar-refractivity contribution in [3.8, 4) is 0 Å². The fourth-order valence-corrected chi connectivity index (χ4v) is 0.603. The molecule has 0 amide bonds. The molecule has 0 aliphatic rings. The highest BCUT2D eigenvalue weighted by Crippen LogP contribution is 1.84. The van der Waals surface area contributed by atoms with Crippen LogP contribution in [0, 0.1) is 6.92 Å². The molecule has 0 atom stereocenters. The Kier molecular flexibility index (Phi) is 1.38. The van der Waals surface area contributed by atoms with Crippen molar-refractivity contribution in [2.24, 2.45) is 7.05 Å². The normalized spacial score (nSPS) is 10.0. The third-order valence-corrected chi connectivity index (χ3v) is 1.20. The summed E-state index contributed by atoms with van der Waals surface area (Å²) in [6.07, 6.45) is 0.537. The third-order valence-electron chi connectivity index (χ3n) is 1.20. The van der Waals surface area contributed by atoms with E-state index in [1.54, 1.807) is 7.05 Å². The Balaban J connectivity index is 3.20. The molecule has 0 bridgehead atoms. The second-order valence-corrected chi connectivity index (χ2v) is 1.75. The summed E-state index contributed by atoms with van der Waals surface area (Å²) in [4.78, 5) is 10.6. The summed E-state index contributed by atoms with van der Waals surface area (Å²) in [6, 6.07) is 0. The molecule has 49 valence electrons. The summed E-state index contributed by atoms with van der Waals surface area (Å²) >= 11 is 0. The van der Waals surface area contributed by atoms with Gasteiger partial charge in [0.15, 0.2) is 0 Å². The zero-order valence-corrected chi connectivity index (χ0v) is 5.22. The smallest absolute Gasteiger partial charge is 0.282 e. The average Bonchev–Trinajstić information content (AvgIpc) is 2.15. The Labute approximate surface area is 52.5 Å². The van der Waals surface area contributed by atoms with E-state index >= 15 is 0 Å². The van der Waals surface area contributed by atoms with E-state index in [-0.39, 0.29) is 5.69 Å². The van der Waals surface area contributed by atoms with Gasteiger partial charge in [0, 0.05) is 13.5 Å². The van der Waals surface area contributed by atoms with Crippen molar-refractivity contribution >= 4 is 0 Å². The number of nitrogens with one attached hydrogen (secondary N) is 1. The summed E-state index contributed by atoms with van der Waals surface area (Å²) in [5.74, 6) is 0.681. The van der Waals surface area contributed by atoms with Crippen molar-refractivity contribution in [3.05, 3.63) is 23.2 Å². The monoisotopic (exact) mass is 126 g/mol. The fraction of sp³-hybridized carbons (Fsp3) is 0.400. The fourth-order valence-electron chi connectivity index (χ4n) is 0.603. The molecule has 0 fully saturated rings. The van der Waals surface area contributed by atoms with Gasteiger partial charge in [-0.1, -0.05) is 0 Å². The molecule has 0 spiro atoms. The van der Waals surface area contributed by atoms with Gasteiger partial charge in [-0.05, 0) is 6.92 Å². The van der Waals surface area contributed by atoms with Crippen LogP contribution in [0.4, 0.5) is 0 Å². The Morgan fingerprint density at radius 1 is 1.89 bits per heavy atom. The van der Waals surface area contributed by atoms with Crippen LogP contribution < -0.4 is 5.69 Å². The first-order valence-electron chi connectivity index (χ1n) is 2.65. The second kappa shape index (κ2) is 2.05. The second-order valence-electron chi connectivity index (χ2n) is 1.75. The molecule has 4 heteroatoms. The van der Waals surface area contributed by atoms with Crippen LogP contribution in [0.2, 0.25) is 0 Å². The van der Waals surface area contributed by atoms with E-state index in [9.17, 15) is 4.79 Å². The van der Waals surface area contributed by atoms with Gasteiger partial charge in [0.1, 0.15) is 5.82 Å². The maximum atomic E-state index is 10.6. The van der Waals surface area contributed by atoms with Crippen molar-refractivity contribution in [1.29, 1.82) is 0 Å². The van der Waals surface area contributed by atoms with Gasteiger partial charge in [-0.25, -0.2) is 9.89 Å². The van der Waals surface area contributed by atoms with E-state index < -0.39 is 0 Å². The van der Waals surface area contributed by atoms with E-state index in [1.807, 2.05) is 0 Å². The molecule has 1 N–H and O–H groups in total. The van der Waals surface area contributed by atoms with Crippen molar-refractivity contribution in [2.75, 3.05) is 0 Å². The maximum Gasteiger partial charge on any atom is 0.343 e. The highest BCUT2D eigenvalue weighted by Gasteiger charge is 1.97. The lowest BCUT2D eigenvalue weighted by Gasteiger charge is -1.89. The Morgan fingerprint density at radius 2 is 2.56 bits per heavy atom. The molecule has 1 aromatic heterocycles. The molecule has 1 rings (SSSR count). The molecule has 1 radical (unpaired) electrons. The van der Waals surface area contributed by atoms with E-state index in [1.165, 1.54) is 4.57 Å². The van der Waals surface area contributed by atoms with Crippen LogP contribution in [0.15, 0.2) is 4.79 Å². The number of aromatic nitrogens is 3. The van der Waals surface area contributed by atoms with Crippen molar-refractivity contribution < 1.29 is 0 Å². The molecule has 0 unspecified atom stereocenters. The van der Waals surface area contributed by atoms with Gasteiger partial charge in [0.25, 0.3) is 0 Å². The number of hydrogen-bond acceptors (Lipinski definition) is 2. The molecule has 1 heterocycles. The molecule has 0 aliphatic carbocycles. The standard InChI is InChI=1S/C5H8N3O/c1-3-4-6-7-5(9)8(4)2/h1,3H2,2H3,(H,7,9). The van der Waals surface area contributed by atoms with Gasteiger partial charge in [-0.15, -0.1) is 0 Å². The Hall–Kier alpha value is -1.06. The van der Waals surface area contributed by atoms with Crippen molar-refractivity contribution in [2.45, 2.75) is 6.42 Å². The molecule has 0 aliphatic heterocycles. The highest BCUT2D eigenvalue weighted by molar-refractivity contribution is 4.85. The van der Waals surface area contributed by atoms with Crippen LogP contribution in [0.25, 0.3) is 0 Å². The van der Waals surface area contributed by atoms with E-state index in [4.69, 9.17) is 0 Å². The van der Waals surface area contributed by atoms with Crippen LogP contribution in [-0.4, -0.2) is 14.8 Å². The first kappa shape index (κ1) is 6.07. The Bertz CT molecular complexity index is 247. The minimum Gasteiger partial charge on any atom is -0.282 e. The van der Waals surface area contributed by atoms with Gasteiger partial charge >= 0.3 is 5.69 Å². The first-order valence-corrected chi connectivity index (χ1v) is 2.65. The van der Waals surface area contributed by atoms with Gasteiger partial charge in [-0.2, -0.15) is 5.10 Å². The van der Waals surface area contributed by atoms with Gasteiger partial charge in [0.2, 0.25) is 0 Å². The molecule has 0 saturated heterocycles. The van der Waals surface area contributed by atoms with Crippen LogP contribution >= 0.6 is 0 Å². The van der Waals surface area contributed by atoms with Crippen LogP contribution in [0.3, 0.4) is 0 Å². The van der Waals surface area contributed by atoms with E-state index in [2.05, 4.69) is 17.1 Å². The molecular weight excluding hydrogens is 118 g/mol. The van der Waals surface area contributed by atoms with Crippen molar-refractivity contribution in [1.82, 2.24) is 14.8 Å². The number of nitrogens with zero attached hydrogens (tertiary/aromatic N) is 2. The lowest BCUT2D eigenvalue weighted by Crippen LogP contribution is -2.14. The summed E-state index contributed by atoms with van der Waals surface area (Å²) < 4.78 is 1.44. The minimum atomic E-state index is -0.186. The lowest BCUT2D eigenvalue weighted by atomic mass is 10.5. The summed E-state index contributed by atoms with van der Waals surface area (Å²) in [5, 5.41) is 6.00. The molecule has 0 saturated carbocycles. The highest BCUT2D eigenvalue weighted by atomic mass is 16.1. The predicted octanol–water partition coefficient (Wildman–Crippen LogP) is -0.515. The minimum absolute atomic E-state index is 0.186. The van der Waals surface area contributed by atoms with Crippen molar-refractivity contribution in [3.63, 3.8) is 0 Å². The summed E-state index contributed by atoms with van der Waals surface area (Å²) in [7, 11) is 1.66. The number of rotatable bonds is 1. The molecule has 1 aromatic rings. The number of hydrogen-bond donors (Lipinski definition) is 1. The van der Waals surface area contributed by atoms with Crippen LogP contribution in [-0.2, 0) is 13.5 Å². The molecule has 4 nitrogen and oxygen atoms in total. The zero-order chi connectivity index (χ0) is 6.85. The quantitative estimate of drug-likeness (QED) is 0.550. The largest absolute Gasteiger partial charge is 0.343 e. The summed E-state index contributed by atoms with van der Waals surface area (Å²) in [6.45, 7) is 3.59. The lowest BCUT2D eigenvalue weighted by molar-refractivity contribution is 0.802. The molecular formula is C5H8N3O. The van der Waals surface area contributed by atoms with Crippen LogP contribution in [0.5, 0.6) is 0 Å². The number of aromatic amines is 1. The average molecular weight is 126 g/mol. The SMILES string of the molecule is [CH2]Cc1n[nH]c(=O)n1C.